The van der Waals surface area contributed by atoms with Crippen molar-refractivity contribution in [1.82, 2.24) is 0 Å². The number of nitrogens with two attached hydrogens (primary N) is 2. The molecule has 1 atom stereocenters. The smallest absolute Gasteiger partial charge is 0.103 e. The van der Waals surface area contributed by atoms with Crippen LogP contribution in [0.4, 0.5) is 0 Å². The van der Waals surface area contributed by atoms with Gasteiger partial charge in [0, 0.05) is 12.5 Å². The van der Waals surface area contributed by atoms with Crippen molar-refractivity contribution in [2.75, 3.05) is 6.61 Å². The van der Waals surface area contributed by atoms with E-state index >= 15 is 0 Å². The molecule has 0 saturated heterocycles. The topological polar surface area (TPSA) is 72.3 Å². The largest absolute Gasteiger partial charge is 0.396 e. The van der Waals surface area contributed by atoms with E-state index in [1.165, 1.54) is 6.08 Å². The lowest BCUT2D eigenvalue weighted by atomic mass is 10.0. The molecular weight excluding hydrogens is 199 g/mol. The summed E-state index contributed by atoms with van der Waals surface area (Å²) in [4.78, 5) is 0. The van der Waals surface area contributed by atoms with Gasteiger partial charge in [0.15, 0.2) is 0 Å². The maximum absolute atomic E-state index is 8.81. The monoisotopic (exact) mass is 210 g/mol. The van der Waals surface area contributed by atoms with E-state index < -0.39 is 0 Å². The van der Waals surface area contributed by atoms with Gasteiger partial charge >= 0.3 is 0 Å². The Labute approximate surface area is 81.6 Å². The number of allylic oxidation sites excluding steroid dienone is 1. The Balaban J connectivity index is 4.71. The van der Waals surface area contributed by atoms with Gasteiger partial charge in [-0.15, -0.1) is 0 Å². The van der Waals surface area contributed by atoms with Gasteiger partial charge in [-0.05, 0) is 11.6 Å². The van der Waals surface area contributed by atoms with Crippen LogP contribution in [0.1, 0.15) is 6.92 Å². The molecule has 0 spiro atoms. The van der Waals surface area contributed by atoms with Crippen molar-refractivity contribution in [2.24, 2.45) is 17.4 Å². The van der Waals surface area contributed by atoms with Crippen LogP contribution >= 0.6 is 23.2 Å². The minimum atomic E-state index is -0.167. The van der Waals surface area contributed by atoms with Crippen molar-refractivity contribution in [1.29, 1.82) is 0 Å². The van der Waals surface area contributed by atoms with Gasteiger partial charge in [0.05, 0.1) is 5.16 Å². The summed E-state index contributed by atoms with van der Waals surface area (Å²) in [7, 11) is 0. The first-order valence-electron chi connectivity index (χ1n) is 3.37. The van der Waals surface area contributed by atoms with E-state index in [-0.39, 0.29) is 22.8 Å². The van der Waals surface area contributed by atoms with Crippen LogP contribution in [-0.2, 0) is 0 Å². The van der Waals surface area contributed by atoms with Crippen LogP contribution < -0.4 is 11.5 Å². The molecule has 0 aromatic rings. The molecule has 5 N–H and O–H groups in total. The summed E-state index contributed by atoms with van der Waals surface area (Å²) in [5, 5.41) is 8.99. The van der Waals surface area contributed by atoms with Crippen molar-refractivity contribution in [3.8, 4) is 0 Å². The summed E-state index contributed by atoms with van der Waals surface area (Å²) in [5.41, 5.74) is 11.1. The van der Waals surface area contributed by atoms with Gasteiger partial charge in [-0.2, -0.15) is 0 Å². The molecule has 0 radical (unpaired) electrons. The minimum Gasteiger partial charge on any atom is -0.396 e. The van der Waals surface area contributed by atoms with E-state index in [0.717, 1.165) is 0 Å². The van der Waals surface area contributed by atoms with Gasteiger partial charge in [0.1, 0.15) is 5.16 Å². The normalized spacial score (nSPS) is 17.2. The van der Waals surface area contributed by atoms with Crippen molar-refractivity contribution in [3.05, 3.63) is 22.0 Å². The van der Waals surface area contributed by atoms with Crippen LogP contribution in [0.2, 0.25) is 0 Å². The molecule has 0 aliphatic heterocycles. The molecule has 0 aliphatic rings. The van der Waals surface area contributed by atoms with Gasteiger partial charge in [0.25, 0.3) is 0 Å². The fourth-order valence-electron chi connectivity index (χ4n) is 0.693. The Morgan fingerprint density at radius 1 is 1.50 bits per heavy atom. The quantitative estimate of drug-likeness (QED) is 0.482. The minimum absolute atomic E-state index is 0.0522. The molecule has 0 aromatic carbocycles. The number of hydrogen-bond donors (Lipinski definition) is 3. The molecule has 0 fully saturated rings. The fraction of sp³-hybridized carbons (Fsp3) is 0.429. The Morgan fingerprint density at radius 3 is 2.25 bits per heavy atom. The first kappa shape index (κ1) is 11.6. The Hall–Kier alpha value is -0.380. The molecule has 0 rings (SSSR count). The Kier molecular flexibility index (Phi) is 5.13. The van der Waals surface area contributed by atoms with Gasteiger partial charge in [0.2, 0.25) is 0 Å². The SMILES string of the molecule is CC(CO)C(/C=C(\N)Cl)=C(/N)Cl. The average molecular weight is 211 g/mol. The van der Waals surface area contributed by atoms with Crippen LogP contribution in [0.15, 0.2) is 22.0 Å². The number of hydrogen-bond acceptors (Lipinski definition) is 3. The molecule has 12 heavy (non-hydrogen) atoms. The zero-order chi connectivity index (χ0) is 9.72. The second-order valence-electron chi connectivity index (χ2n) is 2.42. The van der Waals surface area contributed by atoms with Crippen LogP contribution in [-0.4, -0.2) is 11.7 Å². The van der Waals surface area contributed by atoms with E-state index in [4.69, 9.17) is 39.8 Å². The van der Waals surface area contributed by atoms with Gasteiger partial charge < -0.3 is 16.6 Å². The van der Waals surface area contributed by atoms with E-state index in [1.807, 2.05) is 0 Å². The third kappa shape index (κ3) is 3.85. The summed E-state index contributed by atoms with van der Waals surface area (Å²) < 4.78 is 0. The fourth-order valence-corrected chi connectivity index (χ4v) is 1.05. The molecule has 70 valence electrons. The second-order valence-corrected chi connectivity index (χ2v) is 3.26. The van der Waals surface area contributed by atoms with Crippen LogP contribution in [0.25, 0.3) is 0 Å². The molecule has 0 aromatic heterocycles. The summed E-state index contributed by atoms with van der Waals surface area (Å²) >= 11 is 11.0. The summed E-state index contributed by atoms with van der Waals surface area (Å²) in [5.74, 6) is -0.167. The standard InChI is InChI=1S/C7H12Cl2N2O/c1-4(3-12)5(7(9)11)2-6(8)10/h2,4,12H,3,10-11H2,1H3/b6-2-,7-5+. The van der Waals surface area contributed by atoms with Crippen molar-refractivity contribution in [2.45, 2.75) is 6.92 Å². The van der Waals surface area contributed by atoms with Gasteiger partial charge in [-0.1, -0.05) is 30.1 Å². The highest BCUT2D eigenvalue weighted by Gasteiger charge is 2.08. The first-order valence-corrected chi connectivity index (χ1v) is 4.13. The highest BCUT2D eigenvalue weighted by atomic mass is 35.5. The highest BCUT2D eigenvalue weighted by molar-refractivity contribution is 6.30. The van der Waals surface area contributed by atoms with Crippen molar-refractivity contribution in [3.63, 3.8) is 0 Å². The van der Waals surface area contributed by atoms with Gasteiger partial charge in [-0.25, -0.2) is 0 Å². The maximum atomic E-state index is 8.81. The predicted octanol–water partition coefficient (Wildman–Crippen LogP) is 1.06. The second kappa shape index (κ2) is 5.30. The van der Waals surface area contributed by atoms with E-state index in [1.54, 1.807) is 6.92 Å². The molecule has 5 heteroatoms. The lowest BCUT2D eigenvalue weighted by Crippen LogP contribution is -2.09. The Bertz CT molecular complexity index is 205. The van der Waals surface area contributed by atoms with Gasteiger partial charge in [-0.3, -0.25) is 0 Å². The highest BCUT2D eigenvalue weighted by Crippen LogP contribution is 2.17. The summed E-state index contributed by atoms with van der Waals surface area (Å²) in [6.07, 6.45) is 1.44. The third-order valence-corrected chi connectivity index (χ3v) is 1.70. The molecule has 0 saturated carbocycles. The molecular formula is C7H12Cl2N2O. The van der Waals surface area contributed by atoms with Crippen LogP contribution in [0.5, 0.6) is 0 Å². The molecule has 0 aliphatic carbocycles. The summed E-state index contributed by atoms with van der Waals surface area (Å²) in [6.45, 7) is 1.71. The zero-order valence-corrected chi connectivity index (χ0v) is 8.23. The summed E-state index contributed by atoms with van der Waals surface area (Å²) in [6, 6.07) is 0. The van der Waals surface area contributed by atoms with Crippen molar-refractivity contribution < 1.29 is 5.11 Å². The molecule has 1 unspecified atom stereocenters. The lowest BCUT2D eigenvalue weighted by Gasteiger charge is -2.09. The van der Waals surface area contributed by atoms with Crippen LogP contribution in [0.3, 0.4) is 0 Å². The Morgan fingerprint density at radius 2 is 2.00 bits per heavy atom. The number of halogens is 2. The molecule has 0 bridgehead atoms. The lowest BCUT2D eigenvalue weighted by molar-refractivity contribution is 0.257. The third-order valence-electron chi connectivity index (χ3n) is 1.37. The van der Waals surface area contributed by atoms with E-state index in [0.29, 0.717) is 5.57 Å². The first-order chi connectivity index (χ1) is 5.49. The molecule has 3 nitrogen and oxygen atoms in total. The molecule has 0 heterocycles. The number of rotatable bonds is 3. The van der Waals surface area contributed by atoms with E-state index in [9.17, 15) is 0 Å². The maximum Gasteiger partial charge on any atom is 0.103 e. The van der Waals surface area contributed by atoms with Crippen LogP contribution in [0, 0.1) is 5.92 Å². The predicted molar refractivity (Wildman–Crippen MR) is 51.4 cm³/mol. The number of aliphatic hydroxyl groups excluding tert-OH is 1. The molecule has 0 amide bonds. The zero-order valence-electron chi connectivity index (χ0n) is 6.72. The average Bonchev–Trinajstić information content (AvgIpc) is 1.98. The van der Waals surface area contributed by atoms with Crippen molar-refractivity contribution >= 4 is 23.2 Å². The number of aliphatic hydroxyl groups is 1. The van der Waals surface area contributed by atoms with E-state index in [2.05, 4.69) is 0 Å².